The number of carbonyl (C=O) groups excluding carboxylic acids is 1. The van der Waals surface area contributed by atoms with Crippen LogP contribution in [0.4, 0.5) is 0 Å². The Labute approximate surface area is 111 Å². The lowest BCUT2D eigenvalue weighted by Gasteiger charge is -2.12. The van der Waals surface area contributed by atoms with Gasteiger partial charge in [-0.05, 0) is 13.2 Å². The van der Waals surface area contributed by atoms with E-state index in [4.69, 9.17) is 9.84 Å². The Balaban J connectivity index is 3.14. The van der Waals surface area contributed by atoms with Crippen LogP contribution in [-0.4, -0.2) is 40.5 Å². The van der Waals surface area contributed by atoms with Gasteiger partial charge in [0.1, 0.15) is 23.0 Å². The summed E-state index contributed by atoms with van der Waals surface area (Å²) in [5, 5.41) is 9.28. The maximum absolute atomic E-state index is 11.9. The molecule has 0 saturated carbocycles. The van der Waals surface area contributed by atoms with Gasteiger partial charge in [-0.3, -0.25) is 0 Å². The Hall–Kier alpha value is -1.14. The molecule has 6 heteroatoms. The van der Waals surface area contributed by atoms with Crippen molar-refractivity contribution in [3.05, 3.63) is 17.1 Å². The van der Waals surface area contributed by atoms with Gasteiger partial charge in [0.25, 0.3) is 0 Å². The highest BCUT2D eigenvalue weighted by Gasteiger charge is 2.20. The summed E-state index contributed by atoms with van der Waals surface area (Å²) in [5.41, 5.74) is 1.00. The topological polar surface area (TPSA) is 72.3 Å². The highest BCUT2D eigenvalue weighted by atomic mass is 32.2. The second kappa shape index (κ2) is 6.70. The van der Waals surface area contributed by atoms with Crippen LogP contribution in [0.5, 0.6) is 0 Å². The molecule has 1 heterocycles. The standard InChI is InChI=1S/C12H18N2O3S/c1-7(2)10-13-8(3)9(11(14-10)18-4)12(16)17-6-5-15/h7,15H,5-6H2,1-4H3. The monoisotopic (exact) mass is 270 g/mol. The summed E-state index contributed by atoms with van der Waals surface area (Å²) in [6.07, 6.45) is 1.86. The number of hydrogen-bond acceptors (Lipinski definition) is 6. The Bertz CT molecular complexity index is 436. The molecule has 0 aliphatic carbocycles. The minimum absolute atomic E-state index is 0.0158. The van der Waals surface area contributed by atoms with E-state index in [1.54, 1.807) is 6.92 Å². The summed E-state index contributed by atoms with van der Waals surface area (Å²) < 4.78 is 4.92. The molecule has 0 aliphatic heterocycles. The maximum Gasteiger partial charge on any atom is 0.342 e. The summed E-state index contributed by atoms with van der Waals surface area (Å²) >= 11 is 1.39. The van der Waals surface area contributed by atoms with Gasteiger partial charge in [-0.2, -0.15) is 0 Å². The van der Waals surface area contributed by atoms with Crippen molar-refractivity contribution in [2.75, 3.05) is 19.5 Å². The molecule has 0 bridgehead atoms. The first-order chi connectivity index (χ1) is 8.51. The van der Waals surface area contributed by atoms with E-state index < -0.39 is 5.97 Å². The Morgan fingerprint density at radius 1 is 1.44 bits per heavy atom. The molecular formula is C12H18N2O3S. The molecule has 5 nitrogen and oxygen atoms in total. The normalized spacial score (nSPS) is 10.8. The number of aryl methyl sites for hydroxylation is 1. The third-order valence-electron chi connectivity index (χ3n) is 2.31. The zero-order valence-corrected chi connectivity index (χ0v) is 11.9. The molecule has 0 aromatic carbocycles. The van der Waals surface area contributed by atoms with Gasteiger partial charge in [0.2, 0.25) is 0 Å². The number of nitrogens with zero attached hydrogens (tertiary/aromatic N) is 2. The van der Waals surface area contributed by atoms with E-state index in [-0.39, 0.29) is 19.1 Å². The maximum atomic E-state index is 11.9. The third kappa shape index (κ3) is 3.43. The molecule has 0 radical (unpaired) electrons. The summed E-state index contributed by atoms with van der Waals surface area (Å²) in [6.45, 7) is 5.57. The predicted molar refractivity (Wildman–Crippen MR) is 70.0 cm³/mol. The SMILES string of the molecule is CSc1nc(C(C)C)nc(C)c1C(=O)OCCO. The summed E-state index contributed by atoms with van der Waals surface area (Å²) in [7, 11) is 0. The number of carbonyl (C=O) groups is 1. The fourth-order valence-electron chi connectivity index (χ4n) is 1.42. The van der Waals surface area contributed by atoms with E-state index in [0.29, 0.717) is 16.3 Å². The van der Waals surface area contributed by atoms with Crippen LogP contribution < -0.4 is 0 Å². The van der Waals surface area contributed by atoms with Crippen molar-refractivity contribution in [3.8, 4) is 0 Å². The van der Waals surface area contributed by atoms with Crippen LogP contribution in [0.15, 0.2) is 5.03 Å². The van der Waals surface area contributed by atoms with Crippen molar-refractivity contribution >= 4 is 17.7 Å². The average molecular weight is 270 g/mol. The van der Waals surface area contributed by atoms with Crippen LogP contribution in [0.25, 0.3) is 0 Å². The second-order valence-electron chi connectivity index (χ2n) is 4.07. The zero-order valence-electron chi connectivity index (χ0n) is 11.1. The minimum Gasteiger partial charge on any atom is -0.460 e. The molecule has 1 aromatic rings. The number of rotatable bonds is 5. The van der Waals surface area contributed by atoms with E-state index in [1.807, 2.05) is 20.1 Å². The molecule has 1 N–H and O–H groups in total. The predicted octanol–water partition coefficient (Wildman–Crippen LogP) is 1.78. The van der Waals surface area contributed by atoms with Crippen LogP contribution in [-0.2, 0) is 4.74 Å². The summed E-state index contributed by atoms with van der Waals surface area (Å²) in [6, 6.07) is 0. The number of esters is 1. The Morgan fingerprint density at radius 2 is 2.11 bits per heavy atom. The van der Waals surface area contributed by atoms with Crippen molar-refractivity contribution in [2.24, 2.45) is 0 Å². The Kier molecular flexibility index (Phi) is 5.55. The van der Waals surface area contributed by atoms with Gasteiger partial charge in [0, 0.05) is 5.92 Å². The first-order valence-corrected chi connectivity index (χ1v) is 6.94. The van der Waals surface area contributed by atoms with Crippen LogP contribution >= 0.6 is 11.8 Å². The molecule has 1 aromatic heterocycles. The molecule has 1 rings (SSSR count). The fourth-order valence-corrected chi connectivity index (χ4v) is 2.04. The fraction of sp³-hybridized carbons (Fsp3) is 0.583. The Morgan fingerprint density at radius 3 is 2.61 bits per heavy atom. The van der Waals surface area contributed by atoms with Crippen molar-refractivity contribution in [3.63, 3.8) is 0 Å². The lowest BCUT2D eigenvalue weighted by molar-refractivity contribution is 0.0427. The van der Waals surface area contributed by atoms with Crippen LogP contribution in [0, 0.1) is 6.92 Å². The van der Waals surface area contributed by atoms with Gasteiger partial charge in [0.15, 0.2) is 0 Å². The van der Waals surface area contributed by atoms with Crippen molar-refractivity contribution < 1.29 is 14.6 Å². The number of hydrogen-bond donors (Lipinski definition) is 1. The van der Waals surface area contributed by atoms with Crippen molar-refractivity contribution in [2.45, 2.75) is 31.7 Å². The molecule has 100 valence electrons. The van der Waals surface area contributed by atoms with Crippen LogP contribution in [0.3, 0.4) is 0 Å². The minimum atomic E-state index is -0.485. The zero-order chi connectivity index (χ0) is 13.7. The van der Waals surface area contributed by atoms with Gasteiger partial charge in [-0.1, -0.05) is 13.8 Å². The van der Waals surface area contributed by atoms with Gasteiger partial charge in [0.05, 0.1) is 12.3 Å². The van der Waals surface area contributed by atoms with E-state index in [2.05, 4.69) is 9.97 Å². The lowest BCUT2D eigenvalue weighted by Crippen LogP contribution is -2.15. The van der Waals surface area contributed by atoms with Gasteiger partial charge in [-0.25, -0.2) is 14.8 Å². The van der Waals surface area contributed by atoms with Gasteiger partial charge < -0.3 is 9.84 Å². The highest BCUT2D eigenvalue weighted by Crippen LogP contribution is 2.23. The van der Waals surface area contributed by atoms with E-state index in [1.165, 1.54) is 11.8 Å². The molecular weight excluding hydrogens is 252 g/mol. The van der Waals surface area contributed by atoms with E-state index in [9.17, 15) is 4.79 Å². The molecule has 0 atom stereocenters. The summed E-state index contributed by atoms with van der Waals surface area (Å²) in [5.74, 6) is 0.439. The van der Waals surface area contributed by atoms with Crippen LogP contribution in [0.1, 0.15) is 41.6 Å². The molecule has 0 fully saturated rings. The molecule has 18 heavy (non-hydrogen) atoms. The second-order valence-corrected chi connectivity index (χ2v) is 4.86. The highest BCUT2D eigenvalue weighted by molar-refractivity contribution is 7.98. The molecule has 0 amide bonds. The van der Waals surface area contributed by atoms with Crippen molar-refractivity contribution in [1.82, 2.24) is 9.97 Å². The van der Waals surface area contributed by atoms with Crippen LogP contribution in [0.2, 0.25) is 0 Å². The average Bonchev–Trinajstić information content (AvgIpc) is 2.34. The van der Waals surface area contributed by atoms with Gasteiger partial charge in [-0.15, -0.1) is 11.8 Å². The van der Waals surface area contributed by atoms with Gasteiger partial charge >= 0.3 is 5.97 Å². The lowest BCUT2D eigenvalue weighted by atomic mass is 10.2. The molecule has 0 saturated heterocycles. The molecule has 0 unspecified atom stereocenters. The first-order valence-electron chi connectivity index (χ1n) is 5.71. The van der Waals surface area contributed by atoms with E-state index >= 15 is 0 Å². The molecule has 0 spiro atoms. The quantitative estimate of drug-likeness (QED) is 0.499. The molecule has 0 aliphatic rings. The third-order valence-corrected chi connectivity index (χ3v) is 2.99. The number of ether oxygens (including phenoxy) is 1. The van der Waals surface area contributed by atoms with E-state index in [0.717, 1.165) is 5.82 Å². The number of aliphatic hydroxyl groups excluding tert-OH is 1. The number of aromatic nitrogens is 2. The first kappa shape index (κ1) is 14.9. The van der Waals surface area contributed by atoms with Crippen molar-refractivity contribution in [1.29, 1.82) is 0 Å². The summed E-state index contributed by atoms with van der Waals surface area (Å²) in [4.78, 5) is 20.6. The number of aliphatic hydroxyl groups is 1. The smallest absolute Gasteiger partial charge is 0.342 e. The number of thioether (sulfide) groups is 1. The largest absolute Gasteiger partial charge is 0.460 e.